The normalized spacial score (nSPS) is 11.0. The number of H-pyrrole nitrogens is 1. The van der Waals surface area contributed by atoms with Crippen molar-refractivity contribution < 1.29 is 18.7 Å². The smallest absolute Gasteiger partial charge is 0.411 e. The minimum atomic E-state index is -0.620. The maximum Gasteiger partial charge on any atom is 0.411 e. The first-order chi connectivity index (χ1) is 12.4. The Bertz CT molecular complexity index is 937. The number of nitrogens with zero attached hydrogens (tertiary/aromatic N) is 1. The van der Waals surface area contributed by atoms with Crippen molar-refractivity contribution >= 4 is 22.8 Å². The van der Waals surface area contributed by atoms with Gasteiger partial charge in [0, 0.05) is 24.1 Å². The molecule has 1 aromatic carbocycles. The average molecular weight is 357 g/mol. The van der Waals surface area contributed by atoms with Crippen molar-refractivity contribution in [3.05, 3.63) is 48.0 Å². The van der Waals surface area contributed by atoms with Gasteiger partial charge in [0.25, 0.3) is 0 Å². The number of aryl methyl sites for hydroxylation is 1. The molecule has 0 aliphatic heterocycles. The highest BCUT2D eigenvalue weighted by Gasteiger charge is 2.13. The predicted octanol–water partition coefficient (Wildman–Crippen LogP) is 5.01. The molecule has 26 heavy (non-hydrogen) atoms. The molecule has 0 radical (unpaired) electrons. The molecule has 0 unspecified atom stereocenters. The number of hydrogen-bond donors (Lipinski definition) is 2. The minimum absolute atomic E-state index is 0.0548. The van der Waals surface area contributed by atoms with Crippen LogP contribution in [0.1, 0.15) is 19.4 Å². The Labute approximate surface area is 150 Å². The van der Waals surface area contributed by atoms with Crippen LogP contribution in [0.2, 0.25) is 0 Å². The highest BCUT2D eigenvalue weighted by atomic mass is 19.1. The third-order valence-corrected chi connectivity index (χ3v) is 3.68. The summed E-state index contributed by atoms with van der Waals surface area (Å²) in [6, 6.07) is 5.88. The van der Waals surface area contributed by atoms with Gasteiger partial charge in [0.05, 0.1) is 12.0 Å². The molecule has 0 spiro atoms. The van der Waals surface area contributed by atoms with Crippen LogP contribution in [0.15, 0.2) is 36.7 Å². The van der Waals surface area contributed by atoms with Gasteiger partial charge in [-0.3, -0.25) is 5.32 Å². The van der Waals surface area contributed by atoms with Crippen LogP contribution in [0.4, 0.5) is 14.9 Å². The van der Waals surface area contributed by atoms with Gasteiger partial charge in [-0.1, -0.05) is 13.8 Å². The molecule has 3 aromatic rings. The van der Waals surface area contributed by atoms with Crippen LogP contribution in [-0.2, 0) is 4.74 Å². The summed E-state index contributed by atoms with van der Waals surface area (Å²) in [6.07, 6.45) is 2.79. The molecule has 2 N–H and O–H groups in total. The van der Waals surface area contributed by atoms with Gasteiger partial charge >= 0.3 is 6.09 Å². The average Bonchev–Trinajstić information content (AvgIpc) is 2.98. The second kappa shape index (κ2) is 7.43. The van der Waals surface area contributed by atoms with Crippen LogP contribution in [-0.4, -0.2) is 22.7 Å². The summed E-state index contributed by atoms with van der Waals surface area (Å²) < 4.78 is 25.1. The van der Waals surface area contributed by atoms with Gasteiger partial charge in [0.1, 0.15) is 11.4 Å². The minimum Gasteiger partial charge on any atom is -0.453 e. The zero-order valence-corrected chi connectivity index (χ0v) is 14.8. The van der Waals surface area contributed by atoms with Crippen molar-refractivity contribution in [3.63, 3.8) is 0 Å². The summed E-state index contributed by atoms with van der Waals surface area (Å²) in [5, 5.41) is 3.29. The van der Waals surface area contributed by atoms with Crippen LogP contribution < -0.4 is 10.1 Å². The lowest BCUT2D eigenvalue weighted by Crippen LogP contribution is -2.16. The fourth-order valence-corrected chi connectivity index (χ4v) is 2.44. The van der Waals surface area contributed by atoms with Gasteiger partial charge < -0.3 is 14.5 Å². The van der Waals surface area contributed by atoms with E-state index in [9.17, 15) is 9.18 Å². The highest BCUT2D eigenvalue weighted by Crippen LogP contribution is 2.32. The number of fused-ring (bicyclic) bond motifs is 1. The molecule has 0 aliphatic carbocycles. The van der Waals surface area contributed by atoms with E-state index in [1.54, 1.807) is 18.3 Å². The van der Waals surface area contributed by atoms with E-state index in [4.69, 9.17) is 9.47 Å². The summed E-state index contributed by atoms with van der Waals surface area (Å²) in [4.78, 5) is 18.9. The molecule has 6 nitrogen and oxygen atoms in total. The molecule has 0 fully saturated rings. The molecule has 0 bridgehead atoms. The molecule has 3 rings (SSSR count). The van der Waals surface area contributed by atoms with Gasteiger partial charge in [0.15, 0.2) is 11.6 Å². The first kappa shape index (κ1) is 17.7. The number of carbonyl (C=O) groups is 1. The Morgan fingerprint density at radius 2 is 2.12 bits per heavy atom. The van der Waals surface area contributed by atoms with Crippen LogP contribution in [0, 0.1) is 18.7 Å². The molecular weight excluding hydrogens is 337 g/mol. The number of nitrogens with one attached hydrogen (secondary N) is 2. The first-order valence-corrected chi connectivity index (χ1v) is 8.28. The molecule has 2 heterocycles. The molecular formula is C19H20FN3O3. The summed E-state index contributed by atoms with van der Waals surface area (Å²) in [6.45, 7) is 6.08. The van der Waals surface area contributed by atoms with E-state index >= 15 is 0 Å². The number of amides is 1. The monoisotopic (exact) mass is 357 g/mol. The first-order valence-electron chi connectivity index (χ1n) is 8.28. The number of benzene rings is 1. The largest absolute Gasteiger partial charge is 0.453 e. The fourth-order valence-electron chi connectivity index (χ4n) is 2.44. The van der Waals surface area contributed by atoms with E-state index < -0.39 is 11.9 Å². The van der Waals surface area contributed by atoms with Crippen molar-refractivity contribution in [3.8, 4) is 11.5 Å². The highest BCUT2D eigenvalue weighted by molar-refractivity contribution is 5.86. The number of hydrogen-bond acceptors (Lipinski definition) is 4. The molecule has 0 aliphatic rings. The third kappa shape index (κ3) is 3.93. The molecule has 2 aromatic heterocycles. The van der Waals surface area contributed by atoms with E-state index in [1.165, 1.54) is 12.1 Å². The molecule has 7 heteroatoms. The third-order valence-electron chi connectivity index (χ3n) is 3.68. The molecule has 0 saturated heterocycles. The summed E-state index contributed by atoms with van der Waals surface area (Å²) in [5.41, 5.74) is 1.92. The van der Waals surface area contributed by atoms with Gasteiger partial charge in [-0.05, 0) is 36.6 Å². The SMILES string of the molecule is Cc1c[nH]c2nccc(Oc3ccc(NC(=O)OCC(C)C)cc3F)c12. The van der Waals surface area contributed by atoms with E-state index in [2.05, 4.69) is 15.3 Å². The van der Waals surface area contributed by atoms with Crippen LogP contribution >= 0.6 is 0 Å². The van der Waals surface area contributed by atoms with Crippen molar-refractivity contribution in [2.45, 2.75) is 20.8 Å². The van der Waals surface area contributed by atoms with E-state index in [0.29, 0.717) is 23.7 Å². The number of halogens is 1. The Kier molecular flexibility index (Phi) is 5.06. The fraction of sp³-hybridized carbons (Fsp3) is 0.263. The maximum atomic E-state index is 14.4. The second-order valence-electron chi connectivity index (χ2n) is 6.37. The van der Waals surface area contributed by atoms with Crippen molar-refractivity contribution in [1.29, 1.82) is 0 Å². The molecule has 1 amide bonds. The van der Waals surface area contributed by atoms with Crippen LogP contribution in [0.25, 0.3) is 11.0 Å². The number of rotatable bonds is 5. The van der Waals surface area contributed by atoms with E-state index in [1.807, 2.05) is 27.0 Å². The Hall–Kier alpha value is -3.09. The van der Waals surface area contributed by atoms with Crippen molar-refractivity contribution in [1.82, 2.24) is 9.97 Å². The second-order valence-corrected chi connectivity index (χ2v) is 6.37. The van der Waals surface area contributed by atoms with E-state index in [-0.39, 0.29) is 11.7 Å². The topological polar surface area (TPSA) is 76.2 Å². The number of aromatic nitrogens is 2. The zero-order valence-electron chi connectivity index (χ0n) is 14.8. The lowest BCUT2D eigenvalue weighted by atomic mass is 10.2. The number of aromatic amines is 1. The standard InChI is InChI=1S/C19H20FN3O3/c1-11(2)10-25-19(24)23-13-4-5-15(14(20)8-13)26-16-6-7-21-18-17(16)12(3)9-22-18/h4-9,11H,10H2,1-3H3,(H,21,22)(H,23,24). The lowest BCUT2D eigenvalue weighted by Gasteiger charge is -2.11. The lowest BCUT2D eigenvalue weighted by molar-refractivity contribution is 0.147. The van der Waals surface area contributed by atoms with Crippen LogP contribution in [0.5, 0.6) is 11.5 Å². The number of carbonyl (C=O) groups excluding carboxylic acids is 1. The van der Waals surface area contributed by atoms with Gasteiger partial charge in [-0.25, -0.2) is 14.2 Å². The van der Waals surface area contributed by atoms with Crippen molar-refractivity contribution in [2.75, 3.05) is 11.9 Å². The molecule has 136 valence electrons. The van der Waals surface area contributed by atoms with Crippen molar-refractivity contribution in [2.24, 2.45) is 5.92 Å². The predicted molar refractivity (Wildman–Crippen MR) is 97.1 cm³/mol. The van der Waals surface area contributed by atoms with Gasteiger partial charge in [-0.2, -0.15) is 0 Å². The molecule has 0 saturated carbocycles. The zero-order chi connectivity index (χ0) is 18.7. The molecule has 0 atom stereocenters. The number of anilines is 1. The van der Waals surface area contributed by atoms with Gasteiger partial charge in [-0.15, -0.1) is 0 Å². The van der Waals surface area contributed by atoms with E-state index in [0.717, 1.165) is 10.9 Å². The summed E-state index contributed by atoms with van der Waals surface area (Å²) in [5.74, 6) is 0.191. The summed E-state index contributed by atoms with van der Waals surface area (Å²) in [7, 11) is 0. The number of ether oxygens (including phenoxy) is 2. The number of pyridine rings is 1. The summed E-state index contributed by atoms with van der Waals surface area (Å²) >= 11 is 0. The van der Waals surface area contributed by atoms with Crippen LogP contribution in [0.3, 0.4) is 0 Å². The van der Waals surface area contributed by atoms with Gasteiger partial charge in [0.2, 0.25) is 0 Å². The maximum absolute atomic E-state index is 14.4. The quantitative estimate of drug-likeness (QED) is 0.673. The Balaban J connectivity index is 1.75. The Morgan fingerprint density at radius 3 is 2.85 bits per heavy atom. The Morgan fingerprint density at radius 1 is 1.31 bits per heavy atom.